The third-order valence-corrected chi connectivity index (χ3v) is 1.18. The van der Waals surface area contributed by atoms with Crippen molar-refractivity contribution in [2.45, 2.75) is 13.8 Å². The summed E-state index contributed by atoms with van der Waals surface area (Å²) in [5.74, 6) is 0. The van der Waals surface area contributed by atoms with Gasteiger partial charge in [-0.1, -0.05) is 12.2 Å². The lowest BCUT2D eigenvalue weighted by atomic mass is 10.6. The third kappa shape index (κ3) is 4.87. The van der Waals surface area contributed by atoms with Crippen molar-refractivity contribution in [2.24, 2.45) is 4.99 Å². The Hall–Kier alpha value is -1.91. The summed E-state index contributed by atoms with van der Waals surface area (Å²) in [6, 6.07) is -0.425. The van der Waals surface area contributed by atoms with Gasteiger partial charge in [-0.05, 0) is 13.8 Å². The number of nitrogens with one attached hydrogen (secondary N) is 2. The number of hydrogen-bond acceptors (Lipinski definition) is 3. The topological polar surface area (TPSA) is 68.6 Å². The zero-order chi connectivity index (χ0) is 10.8. The summed E-state index contributed by atoms with van der Waals surface area (Å²) in [5, 5.41) is 9.34. The Kier molecular flexibility index (Phi) is 6.67. The first-order chi connectivity index (χ1) is 6.76. The SMILES string of the molecule is C/C=C\N=C/NC(=O)N(C=N)/C=C\C. The van der Waals surface area contributed by atoms with Gasteiger partial charge in [0.25, 0.3) is 0 Å². The van der Waals surface area contributed by atoms with Gasteiger partial charge in [0.05, 0.1) is 12.7 Å². The van der Waals surface area contributed by atoms with E-state index in [-0.39, 0.29) is 0 Å². The first-order valence-corrected chi connectivity index (χ1v) is 4.11. The second-order valence-electron chi connectivity index (χ2n) is 2.23. The molecule has 0 radical (unpaired) electrons. The molecule has 0 bridgehead atoms. The Morgan fingerprint density at radius 1 is 1.43 bits per heavy atom. The van der Waals surface area contributed by atoms with Gasteiger partial charge in [0.1, 0.15) is 0 Å². The van der Waals surface area contributed by atoms with Crippen LogP contribution < -0.4 is 5.32 Å². The average molecular weight is 194 g/mol. The van der Waals surface area contributed by atoms with Crippen LogP contribution in [0.3, 0.4) is 0 Å². The van der Waals surface area contributed by atoms with Crippen LogP contribution in [0.25, 0.3) is 0 Å². The highest BCUT2D eigenvalue weighted by Gasteiger charge is 2.03. The number of carbonyl (C=O) groups is 1. The molecule has 5 nitrogen and oxygen atoms in total. The Balaban J connectivity index is 4.11. The standard InChI is InChI=1S/C9H14N4O/c1-3-5-11-8-12-9(14)13(7-10)6-4-2/h3-8,10H,1-2H3,(H,11,12,14)/b5-3-,6-4-,10-7?. The molecule has 5 heteroatoms. The number of urea groups is 1. The third-order valence-electron chi connectivity index (χ3n) is 1.18. The molecular formula is C9H14N4O. The summed E-state index contributed by atoms with van der Waals surface area (Å²) in [6.45, 7) is 3.58. The van der Waals surface area contributed by atoms with E-state index in [0.29, 0.717) is 0 Å². The van der Waals surface area contributed by atoms with Crippen molar-refractivity contribution in [3.63, 3.8) is 0 Å². The molecule has 0 saturated carbocycles. The van der Waals surface area contributed by atoms with E-state index in [4.69, 9.17) is 5.41 Å². The van der Waals surface area contributed by atoms with Crippen LogP contribution in [0.15, 0.2) is 29.5 Å². The second-order valence-corrected chi connectivity index (χ2v) is 2.23. The zero-order valence-electron chi connectivity index (χ0n) is 8.27. The average Bonchev–Trinajstić information content (AvgIpc) is 2.20. The predicted molar refractivity (Wildman–Crippen MR) is 57.3 cm³/mol. The minimum Gasteiger partial charge on any atom is -0.298 e. The highest BCUT2D eigenvalue weighted by molar-refractivity contribution is 5.93. The molecule has 0 aromatic carbocycles. The number of hydrogen-bond donors (Lipinski definition) is 2. The lowest BCUT2D eigenvalue weighted by molar-refractivity contribution is 0.235. The Morgan fingerprint density at radius 2 is 2.14 bits per heavy atom. The van der Waals surface area contributed by atoms with Crippen molar-refractivity contribution >= 4 is 18.7 Å². The fourth-order valence-electron chi connectivity index (χ4n) is 0.626. The molecule has 0 spiro atoms. The maximum Gasteiger partial charge on any atom is 0.331 e. The molecule has 0 rings (SSSR count). The molecule has 76 valence electrons. The molecule has 0 aromatic heterocycles. The van der Waals surface area contributed by atoms with Gasteiger partial charge in [-0.15, -0.1) is 0 Å². The number of carbonyl (C=O) groups excluding carboxylic acids is 1. The predicted octanol–water partition coefficient (Wildman–Crippen LogP) is 1.70. The number of aliphatic imine (C=N–C) groups is 1. The highest BCUT2D eigenvalue weighted by Crippen LogP contribution is 1.85. The van der Waals surface area contributed by atoms with Gasteiger partial charge in [-0.2, -0.15) is 0 Å². The molecule has 0 saturated heterocycles. The zero-order valence-corrected chi connectivity index (χ0v) is 8.27. The van der Waals surface area contributed by atoms with Gasteiger partial charge in [0.15, 0.2) is 0 Å². The van der Waals surface area contributed by atoms with Crippen molar-refractivity contribution in [3.05, 3.63) is 24.6 Å². The molecule has 0 aliphatic heterocycles. The number of nitrogens with zero attached hydrogens (tertiary/aromatic N) is 2. The molecule has 0 aliphatic carbocycles. The van der Waals surface area contributed by atoms with Crippen LogP contribution in [0.1, 0.15) is 13.8 Å². The van der Waals surface area contributed by atoms with Crippen molar-refractivity contribution in [1.29, 1.82) is 5.41 Å². The number of allylic oxidation sites excluding steroid dienone is 2. The number of rotatable bonds is 4. The fourth-order valence-corrected chi connectivity index (χ4v) is 0.626. The Morgan fingerprint density at radius 3 is 2.64 bits per heavy atom. The highest BCUT2D eigenvalue weighted by atomic mass is 16.2. The summed E-state index contributed by atoms with van der Waals surface area (Å²) in [5.41, 5.74) is 0. The van der Waals surface area contributed by atoms with E-state index in [0.717, 1.165) is 11.2 Å². The van der Waals surface area contributed by atoms with Crippen LogP contribution in [-0.2, 0) is 0 Å². The molecule has 2 amide bonds. The van der Waals surface area contributed by atoms with E-state index in [2.05, 4.69) is 10.3 Å². The molecular weight excluding hydrogens is 180 g/mol. The molecule has 2 N–H and O–H groups in total. The largest absolute Gasteiger partial charge is 0.331 e. The van der Waals surface area contributed by atoms with Crippen LogP contribution in [0.5, 0.6) is 0 Å². The van der Waals surface area contributed by atoms with Crippen molar-refractivity contribution in [3.8, 4) is 0 Å². The molecule has 0 aliphatic rings. The monoisotopic (exact) mass is 194 g/mol. The summed E-state index contributed by atoms with van der Waals surface area (Å²) < 4.78 is 0. The van der Waals surface area contributed by atoms with Crippen LogP contribution in [-0.4, -0.2) is 23.6 Å². The van der Waals surface area contributed by atoms with Crippen LogP contribution in [0.2, 0.25) is 0 Å². The molecule has 0 unspecified atom stereocenters. The van der Waals surface area contributed by atoms with Crippen LogP contribution in [0.4, 0.5) is 4.79 Å². The van der Waals surface area contributed by atoms with Crippen molar-refractivity contribution in [2.75, 3.05) is 0 Å². The minimum absolute atomic E-state index is 0.425. The minimum atomic E-state index is -0.425. The smallest absolute Gasteiger partial charge is 0.298 e. The van der Waals surface area contributed by atoms with Gasteiger partial charge in [0.2, 0.25) is 0 Å². The quantitative estimate of drug-likeness (QED) is 0.519. The van der Waals surface area contributed by atoms with E-state index in [9.17, 15) is 4.79 Å². The lowest BCUT2D eigenvalue weighted by Crippen LogP contribution is -2.34. The summed E-state index contributed by atoms with van der Waals surface area (Å²) in [4.78, 5) is 16.1. The van der Waals surface area contributed by atoms with Crippen molar-refractivity contribution < 1.29 is 4.79 Å². The molecule has 0 aromatic rings. The first kappa shape index (κ1) is 12.1. The van der Waals surface area contributed by atoms with Gasteiger partial charge in [-0.25, -0.2) is 9.79 Å². The maximum absolute atomic E-state index is 11.2. The lowest BCUT2D eigenvalue weighted by Gasteiger charge is -2.09. The van der Waals surface area contributed by atoms with E-state index >= 15 is 0 Å². The first-order valence-electron chi connectivity index (χ1n) is 4.11. The molecule has 14 heavy (non-hydrogen) atoms. The maximum atomic E-state index is 11.2. The van der Waals surface area contributed by atoms with Crippen LogP contribution in [0, 0.1) is 5.41 Å². The van der Waals surface area contributed by atoms with Gasteiger partial charge in [-0.3, -0.25) is 15.6 Å². The Bertz CT molecular complexity index is 268. The van der Waals surface area contributed by atoms with Gasteiger partial charge >= 0.3 is 6.03 Å². The summed E-state index contributed by atoms with van der Waals surface area (Å²) >= 11 is 0. The summed E-state index contributed by atoms with van der Waals surface area (Å²) in [7, 11) is 0. The second kappa shape index (κ2) is 7.72. The van der Waals surface area contributed by atoms with E-state index in [1.807, 2.05) is 6.92 Å². The van der Waals surface area contributed by atoms with E-state index < -0.39 is 6.03 Å². The van der Waals surface area contributed by atoms with E-state index in [1.165, 1.54) is 12.5 Å². The summed E-state index contributed by atoms with van der Waals surface area (Å²) in [6.07, 6.45) is 8.61. The van der Waals surface area contributed by atoms with E-state index in [1.54, 1.807) is 25.3 Å². The normalized spacial score (nSPS) is 11.3. The fraction of sp³-hybridized carbons (Fsp3) is 0.222. The number of amides is 2. The van der Waals surface area contributed by atoms with Gasteiger partial charge in [0, 0.05) is 12.4 Å². The molecule has 0 heterocycles. The van der Waals surface area contributed by atoms with Crippen molar-refractivity contribution in [1.82, 2.24) is 10.2 Å². The molecule has 0 atom stereocenters. The van der Waals surface area contributed by atoms with Gasteiger partial charge < -0.3 is 0 Å². The molecule has 0 fully saturated rings. The Labute approximate surface area is 83.3 Å². The van der Waals surface area contributed by atoms with Crippen LogP contribution >= 0.6 is 0 Å².